The smallest absolute Gasteiger partial charge is 0.494 e. The number of hydrogen-bond donors (Lipinski definition) is 2. The highest BCUT2D eigenvalue weighted by Crippen LogP contribution is 2.38. The second kappa shape index (κ2) is 8.90. The van der Waals surface area contributed by atoms with Crippen molar-refractivity contribution >= 4 is 19.2 Å². The zero-order valence-corrected chi connectivity index (χ0v) is 15.4. The molecule has 6 nitrogen and oxygen atoms in total. The van der Waals surface area contributed by atoms with Gasteiger partial charge in [0.25, 0.3) is 0 Å². The Morgan fingerprint density at radius 2 is 1.44 bits per heavy atom. The number of benzene rings is 2. The molecule has 0 spiro atoms. The van der Waals surface area contributed by atoms with Crippen molar-refractivity contribution in [2.24, 2.45) is 0 Å². The van der Waals surface area contributed by atoms with E-state index in [0.717, 1.165) is 30.2 Å². The Morgan fingerprint density at radius 1 is 0.920 bits per heavy atom. The minimum atomic E-state index is -4.53. The van der Waals surface area contributed by atoms with E-state index in [1.807, 2.05) is 36.2 Å². The fourth-order valence-corrected chi connectivity index (χ4v) is 2.72. The van der Waals surface area contributed by atoms with Crippen LogP contribution in [0.2, 0.25) is 0 Å². The minimum Gasteiger partial charge on any atom is -0.494 e. The van der Waals surface area contributed by atoms with Gasteiger partial charge < -0.3 is 14.2 Å². The average Bonchev–Trinajstić information content (AvgIpc) is 2.58. The van der Waals surface area contributed by atoms with Gasteiger partial charge in [0.15, 0.2) is 0 Å². The molecule has 0 bridgehead atoms. The van der Waals surface area contributed by atoms with Gasteiger partial charge >= 0.3 is 7.82 Å². The van der Waals surface area contributed by atoms with Crippen molar-refractivity contribution in [3.05, 3.63) is 48.5 Å². The maximum Gasteiger partial charge on any atom is 0.524 e. The molecular formula is C18H24NO5P. The normalized spacial score (nSPS) is 11.2. The number of unbranched alkanes of at least 4 members (excludes halogenated alkanes) is 2. The molecule has 0 aromatic heterocycles. The van der Waals surface area contributed by atoms with Gasteiger partial charge in [-0.15, -0.1) is 0 Å². The zero-order chi connectivity index (χ0) is 18.3. The molecule has 0 saturated carbocycles. The van der Waals surface area contributed by atoms with E-state index >= 15 is 0 Å². The molecule has 0 saturated heterocycles. The van der Waals surface area contributed by atoms with E-state index < -0.39 is 7.82 Å². The molecule has 0 aliphatic heterocycles. The molecule has 7 heteroatoms. The third-order valence-corrected chi connectivity index (χ3v) is 4.14. The topological polar surface area (TPSA) is 79.2 Å². The SMILES string of the molecule is CCCCCOc1ccc(N(C)c2ccc(OP(=O)(O)O)cc2)cc1. The van der Waals surface area contributed by atoms with E-state index in [1.54, 1.807) is 12.1 Å². The predicted octanol–water partition coefficient (Wildman–Crippen LogP) is 4.50. The third-order valence-electron chi connectivity index (χ3n) is 3.69. The van der Waals surface area contributed by atoms with Gasteiger partial charge in [-0.3, -0.25) is 9.79 Å². The first-order chi connectivity index (χ1) is 11.9. The summed E-state index contributed by atoms with van der Waals surface area (Å²) in [6, 6.07) is 14.3. The second-order valence-electron chi connectivity index (χ2n) is 5.68. The van der Waals surface area contributed by atoms with Crippen molar-refractivity contribution in [3.63, 3.8) is 0 Å². The van der Waals surface area contributed by atoms with E-state index in [-0.39, 0.29) is 5.75 Å². The highest BCUT2D eigenvalue weighted by atomic mass is 31.2. The Labute approximate surface area is 148 Å². The van der Waals surface area contributed by atoms with Crippen LogP contribution in [0, 0.1) is 0 Å². The number of ether oxygens (including phenoxy) is 1. The molecule has 0 unspecified atom stereocenters. The first-order valence-electron chi connectivity index (χ1n) is 8.21. The van der Waals surface area contributed by atoms with Crippen molar-refractivity contribution in [2.45, 2.75) is 26.2 Å². The maximum atomic E-state index is 10.8. The Morgan fingerprint density at radius 3 is 1.92 bits per heavy atom. The van der Waals surface area contributed by atoms with Crippen LogP contribution in [0.5, 0.6) is 11.5 Å². The van der Waals surface area contributed by atoms with Gasteiger partial charge in [-0.05, 0) is 55.0 Å². The van der Waals surface area contributed by atoms with Crippen molar-refractivity contribution in [1.29, 1.82) is 0 Å². The molecule has 0 aliphatic rings. The number of phosphoric acid groups is 1. The van der Waals surface area contributed by atoms with Crippen molar-refractivity contribution in [3.8, 4) is 11.5 Å². The maximum absolute atomic E-state index is 10.8. The number of hydrogen-bond acceptors (Lipinski definition) is 4. The van der Waals surface area contributed by atoms with Gasteiger partial charge in [0.1, 0.15) is 11.5 Å². The van der Waals surface area contributed by atoms with Crippen LogP contribution in [0.4, 0.5) is 11.4 Å². The fraction of sp³-hybridized carbons (Fsp3) is 0.333. The van der Waals surface area contributed by atoms with E-state index in [2.05, 4.69) is 11.4 Å². The lowest BCUT2D eigenvalue weighted by molar-refractivity contribution is 0.283. The molecule has 0 amide bonds. The van der Waals surface area contributed by atoms with Crippen LogP contribution in [0.1, 0.15) is 26.2 Å². The van der Waals surface area contributed by atoms with Crippen molar-refractivity contribution in [2.75, 3.05) is 18.6 Å². The highest BCUT2D eigenvalue weighted by Gasteiger charge is 2.15. The molecule has 0 radical (unpaired) electrons. The number of anilines is 2. The standard InChI is InChI=1S/C18H24NO5P/c1-3-4-5-14-23-17-10-6-15(7-11-17)19(2)16-8-12-18(13-9-16)24-25(20,21)22/h6-13H,3-5,14H2,1-2H3,(H2,20,21,22). The summed E-state index contributed by atoms with van der Waals surface area (Å²) in [6.45, 7) is 2.89. The van der Waals surface area contributed by atoms with E-state index in [1.165, 1.54) is 25.0 Å². The molecule has 0 atom stereocenters. The molecule has 0 fully saturated rings. The molecule has 2 N–H and O–H groups in total. The minimum absolute atomic E-state index is 0.126. The van der Waals surface area contributed by atoms with Crippen molar-refractivity contribution < 1.29 is 23.6 Å². The summed E-state index contributed by atoms with van der Waals surface area (Å²) in [4.78, 5) is 19.6. The van der Waals surface area contributed by atoms with Crippen LogP contribution in [0.3, 0.4) is 0 Å². The van der Waals surface area contributed by atoms with Gasteiger partial charge in [-0.1, -0.05) is 19.8 Å². The lowest BCUT2D eigenvalue weighted by Gasteiger charge is -2.20. The largest absolute Gasteiger partial charge is 0.524 e. The summed E-state index contributed by atoms with van der Waals surface area (Å²) >= 11 is 0. The molecule has 0 aliphatic carbocycles. The van der Waals surface area contributed by atoms with Gasteiger partial charge in [-0.25, -0.2) is 4.57 Å². The number of rotatable bonds is 9. The molecule has 2 aromatic carbocycles. The molecular weight excluding hydrogens is 341 g/mol. The Kier molecular flexibility index (Phi) is 6.88. The van der Waals surface area contributed by atoms with E-state index in [9.17, 15) is 4.57 Å². The Balaban J connectivity index is 1.97. The number of phosphoric ester groups is 1. The highest BCUT2D eigenvalue weighted by molar-refractivity contribution is 7.46. The van der Waals surface area contributed by atoms with Crippen LogP contribution in [0.15, 0.2) is 48.5 Å². The molecule has 25 heavy (non-hydrogen) atoms. The van der Waals surface area contributed by atoms with Crippen molar-refractivity contribution in [1.82, 2.24) is 0 Å². The zero-order valence-electron chi connectivity index (χ0n) is 14.5. The Hall–Kier alpha value is -2.01. The fourth-order valence-electron chi connectivity index (χ4n) is 2.33. The molecule has 136 valence electrons. The van der Waals surface area contributed by atoms with E-state index in [4.69, 9.17) is 14.5 Å². The number of nitrogens with zero attached hydrogens (tertiary/aromatic N) is 1. The monoisotopic (exact) mass is 365 g/mol. The Bertz CT molecular complexity index is 696. The quantitative estimate of drug-likeness (QED) is 0.503. The summed E-state index contributed by atoms with van der Waals surface area (Å²) in [5, 5.41) is 0. The van der Waals surface area contributed by atoms with Crippen LogP contribution in [0.25, 0.3) is 0 Å². The molecule has 2 aromatic rings. The summed E-state index contributed by atoms with van der Waals surface area (Å²) in [6.07, 6.45) is 3.40. The first kappa shape index (κ1) is 19.3. The summed E-state index contributed by atoms with van der Waals surface area (Å²) in [5.74, 6) is 0.972. The lowest BCUT2D eigenvalue weighted by atomic mass is 10.2. The van der Waals surface area contributed by atoms with Crippen LogP contribution in [-0.2, 0) is 4.57 Å². The van der Waals surface area contributed by atoms with Gasteiger partial charge in [0.05, 0.1) is 6.61 Å². The van der Waals surface area contributed by atoms with E-state index in [0.29, 0.717) is 0 Å². The third kappa shape index (κ3) is 6.42. The molecule has 0 heterocycles. The first-order valence-corrected chi connectivity index (χ1v) is 9.74. The van der Waals surface area contributed by atoms with Gasteiger partial charge in [-0.2, -0.15) is 0 Å². The predicted molar refractivity (Wildman–Crippen MR) is 98.6 cm³/mol. The van der Waals surface area contributed by atoms with Crippen LogP contribution < -0.4 is 14.2 Å². The second-order valence-corrected chi connectivity index (χ2v) is 6.85. The van der Waals surface area contributed by atoms with Gasteiger partial charge in [0.2, 0.25) is 0 Å². The molecule has 2 rings (SSSR count). The van der Waals surface area contributed by atoms with Crippen LogP contribution >= 0.6 is 7.82 Å². The summed E-state index contributed by atoms with van der Waals surface area (Å²) in [7, 11) is -2.62. The average molecular weight is 365 g/mol. The summed E-state index contributed by atoms with van der Waals surface area (Å²) < 4.78 is 21.1. The lowest BCUT2D eigenvalue weighted by Crippen LogP contribution is -2.09. The van der Waals surface area contributed by atoms with Crippen LogP contribution in [-0.4, -0.2) is 23.4 Å². The summed E-state index contributed by atoms with van der Waals surface area (Å²) in [5.41, 5.74) is 1.85. The van der Waals surface area contributed by atoms with Gasteiger partial charge in [0, 0.05) is 18.4 Å².